The van der Waals surface area contributed by atoms with Crippen molar-refractivity contribution < 1.29 is 0 Å². The second kappa shape index (κ2) is 8.26. The zero-order valence-corrected chi connectivity index (χ0v) is 13.2. The van der Waals surface area contributed by atoms with Gasteiger partial charge in [-0.25, -0.2) is 0 Å². The summed E-state index contributed by atoms with van der Waals surface area (Å²) in [4.78, 5) is 2.89. The Morgan fingerprint density at radius 3 is 2.32 bits per heavy atom. The van der Waals surface area contributed by atoms with Gasteiger partial charge in [0.25, 0.3) is 0 Å². The molecule has 0 aromatic carbocycles. The maximum atomic E-state index is 3.78. The van der Waals surface area contributed by atoms with Crippen LogP contribution in [0.4, 0.5) is 0 Å². The fourth-order valence-electron chi connectivity index (χ4n) is 4.02. The first-order valence-electron chi connectivity index (χ1n) is 8.84. The quantitative estimate of drug-likeness (QED) is 0.829. The normalized spacial score (nSPS) is 31.9. The Hall–Kier alpha value is -0.0800. The summed E-state index contributed by atoms with van der Waals surface area (Å²) >= 11 is 0. The van der Waals surface area contributed by atoms with Gasteiger partial charge in [0.2, 0.25) is 0 Å². The van der Waals surface area contributed by atoms with Gasteiger partial charge in [0.1, 0.15) is 0 Å². The monoisotopic (exact) mass is 266 g/mol. The summed E-state index contributed by atoms with van der Waals surface area (Å²) in [7, 11) is 0. The molecule has 2 nitrogen and oxygen atoms in total. The minimum absolute atomic E-state index is 0.748. The molecule has 0 aromatic heterocycles. The van der Waals surface area contributed by atoms with Gasteiger partial charge in [-0.1, -0.05) is 52.4 Å². The molecular weight excluding hydrogens is 232 g/mol. The lowest BCUT2D eigenvalue weighted by Gasteiger charge is -2.45. The third-order valence-electron chi connectivity index (χ3n) is 5.19. The van der Waals surface area contributed by atoms with E-state index in [1.807, 2.05) is 0 Å². The lowest BCUT2D eigenvalue weighted by Crippen LogP contribution is -2.59. The molecule has 1 N–H and O–H groups in total. The van der Waals surface area contributed by atoms with Crippen molar-refractivity contribution in [2.45, 2.75) is 96.2 Å². The molecule has 1 saturated heterocycles. The van der Waals surface area contributed by atoms with Crippen LogP contribution < -0.4 is 5.32 Å². The van der Waals surface area contributed by atoms with Crippen molar-refractivity contribution in [3.63, 3.8) is 0 Å². The van der Waals surface area contributed by atoms with E-state index in [4.69, 9.17) is 0 Å². The smallest absolute Gasteiger partial charge is 0.0221 e. The first-order valence-corrected chi connectivity index (χ1v) is 8.84. The van der Waals surface area contributed by atoms with Crippen molar-refractivity contribution in [3.8, 4) is 0 Å². The summed E-state index contributed by atoms with van der Waals surface area (Å²) < 4.78 is 0. The molecule has 0 spiro atoms. The molecule has 112 valence electrons. The molecule has 2 fully saturated rings. The van der Waals surface area contributed by atoms with Crippen LogP contribution in [0.15, 0.2) is 0 Å². The van der Waals surface area contributed by atoms with E-state index >= 15 is 0 Å². The molecule has 0 aromatic rings. The molecule has 0 bridgehead atoms. The molecule has 2 unspecified atom stereocenters. The third-order valence-corrected chi connectivity index (χ3v) is 5.19. The molecule has 1 saturated carbocycles. The number of nitrogens with one attached hydrogen (secondary N) is 1. The Kier molecular flexibility index (Phi) is 6.66. The summed E-state index contributed by atoms with van der Waals surface area (Å²) in [6, 6.07) is 2.42. The fourth-order valence-corrected chi connectivity index (χ4v) is 4.02. The van der Waals surface area contributed by atoms with Crippen LogP contribution >= 0.6 is 0 Å². The molecule has 19 heavy (non-hydrogen) atoms. The van der Waals surface area contributed by atoms with Crippen molar-refractivity contribution in [2.75, 3.05) is 13.1 Å². The Balaban J connectivity index is 1.94. The van der Waals surface area contributed by atoms with Gasteiger partial charge in [0, 0.05) is 31.2 Å². The van der Waals surface area contributed by atoms with Gasteiger partial charge in [-0.15, -0.1) is 0 Å². The Morgan fingerprint density at radius 2 is 1.68 bits per heavy atom. The maximum Gasteiger partial charge on any atom is 0.0221 e. The zero-order chi connectivity index (χ0) is 13.5. The Morgan fingerprint density at radius 1 is 1.00 bits per heavy atom. The number of rotatable bonds is 4. The SMILES string of the molecule is CCCC1CN(C2CCCCCCC2)C(CC)CN1. The minimum atomic E-state index is 0.748. The van der Waals surface area contributed by atoms with E-state index < -0.39 is 0 Å². The van der Waals surface area contributed by atoms with Gasteiger partial charge in [-0.05, 0) is 25.7 Å². The standard InChI is InChI=1S/C17H34N2/c1-3-10-15-14-19(16(4-2)13-18-15)17-11-8-6-5-7-9-12-17/h15-18H,3-14H2,1-2H3. The van der Waals surface area contributed by atoms with Crippen molar-refractivity contribution in [1.82, 2.24) is 10.2 Å². The lowest BCUT2D eigenvalue weighted by molar-refractivity contribution is 0.0627. The second-order valence-corrected chi connectivity index (χ2v) is 6.65. The van der Waals surface area contributed by atoms with Crippen LogP contribution in [0, 0.1) is 0 Å². The van der Waals surface area contributed by atoms with Gasteiger partial charge in [-0.2, -0.15) is 0 Å². The van der Waals surface area contributed by atoms with Crippen molar-refractivity contribution in [2.24, 2.45) is 0 Å². The fraction of sp³-hybridized carbons (Fsp3) is 1.00. The van der Waals surface area contributed by atoms with Crippen LogP contribution in [0.1, 0.15) is 78.1 Å². The lowest BCUT2D eigenvalue weighted by atomic mass is 9.92. The van der Waals surface area contributed by atoms with E-state index in [2.05, 4.69) is 24.1 Å². The number of piperazine rings is 1. The predicted molar refractivity (Wildman–Crippen MR) is 83.6 cm³/mol. The van der Waals surface area contributed by atoms with Crippen molar-refractivity contribution >= 4 is 0 Å². The molecule has 0 radical (unpaired) electrons. The summed E-state index contributed by atoms with van der Waals surface area (Å²) in [6.45, 7) is 7.20. The van der Waals surface area contributed by atoms with Gasteiger partial charge in [0.15, 0.2) is 0 Å². The highest BCUT2D eigenvalue weighted by molar-refractivity contribution is 4.89. The Labute approximate surface area is 120 Å². The van der Waals surface area contributed by atoms with E-state index in [1.54, 1.807) is 0 Å². The van der Waals surface area contributed by atoms with Crippen LogP contribution in [-0.4, -0.2) is 36.1 Å². The highest BCUT2D eigenvalue weighted by atomic mass is 15.3. The molecule has 2 rings (SSSR count). The average Bonchev–Trinajstić information content (AvgIpc) is 2.39. The van der Waals surface area contributed by atoms with Crippen LogP contribution in [0.25, 0.3) is 0 Å². The number of nitrogens with zero attached hydrogens (tertiary/aromatic N) is 1. The molecule has 2 heteroatoms. The molecule has 1 aliphatic carbocycles. The summed E-state index contributed by atoms with van der Waals surface area (Å²) in [5.41, 5.74) is 0. The minimum Gasteiger partial charge on any atom is -0.311 e. The first kappa shape index (κ1) is 15.3. The van der Waals surface area contributed by atoms with E-state index in [0.29, 0.717) is 0 Å². The molecule has 2 aliphatic rings. The topological polar surface area (TPSA) is 15.3 Å². The van der Waals surface area contributed by atoms with Gasteiger partial charge in [0.05, 0.1) is 0 Å². The molecular formula is C17H34N2. The second-order valence-electron chi connectivity index (χ2n) is 6.65. The van der Waals surface area contributed by atoms with Crippen molar-refractivity contribution in [3.05, 3.63) is 0 Å². The molecule has 0 amide bonds. The Bertz CT molecular complexity index is 233. The first-order chi connectivity index (χ1) is 9.35. The van der Waals surface area contributed by atoms with E-state index in [1.165, 1.54) is 77.3 Å². The summed E-state index contributed by atoms with van der Waals surface area (Å²) in [5.74, 6) is 0. The highest BCUT2D eigenvalue weighted by Crippen LogP contribution is 2.26. The van der Waals surface area contributed by atoms with Crippen LogP contribution in [-0.2, 0) is 0 Å². The molecule has 1 aliphatic heterocycles. The van der Waals surface area contributed by atoms with E-state index in [-0.39, 0.29) is 0 Å². The maximum absolute atomic E-state index is 3.78. The number of hydrogen-bond donors (Lipinski definition) is 1. The summed E-state index contributed by atoms with van der Waals surface area (Å²) in [6.07, 6.45) is 14.2. The van der Waals surface area contributed by atoms with Gasteiger partial charge in [-0.3, -0.25) is 4.90 Å². The van der Waals surface area contributed by atoms with E-state index in [0.717, 1.165) is 18.1 Å². The van der Waals surface area contributed by atoms with Crippen molar-refractivity contribution in [1.29, 1.82) is 0 Å². The molecule has 1 heterocycles. The van der Waals surface area contributed by atoms with Gasteiger partial charge >= 0.3 is 0 Å². The average molecular weight is 266 g/mol. The third kappa shape index (κ3) is 4.46. The molecule has 2 atom stereocenters. The van der Waals surface area contributed by atoms with Gasteiger partial charge < -0.3 is 5.32 Å². The van der Waals surface area contributed by atoms with Crippen LogP contribution in [0.2, 0.25) is 0 Å². The summed E-state index contributed by atoms with van der Waals surface area (Å²) in [5, 5.41) is 3.78. The van der Waals surface area contributed by atoms with Crippen LogP contribution in [0.3, 0.4) is 0 Å². The van der Waals surface area contributed by atoms with E-state index in [9.17, 15) is 0 Å². The predicted octanol–water partition coefficient (Wildman–Crippen LogP) is 3.95. The van der Waals surface area contributed by atoms with Crippen LogP contribution in [0.5, 0.6) is 0 Å². The number of hydrogen-bond acceptors (Lipinski definition) is 2. The largest absolute Gasteiger partial charge is 0.311 e. The zero-order valence-electron chi connectivity index (χ0n) is 13.2. The highest BCUT2D eigenvalue weighted by Gasteiger charge is 2.31.